The fraction of sp³-hybridized carbons (Fsp3) is 0.286. The van der Waals surface area contributed by atoms with E-state index in [1.165, 1.54) is 11.1 Å². The Morgan fingerprint density at radius 2 is 1.68 bits per heavy atom. The van der Waals surface area contributed by atoms with Crippen LogP contribution in [0.1, 0.15) is 22.5 Å². The van der Waals surface area contributed by atoms with Crippen LogP contribution in [0.3, 0.4) is 0 Å². The van der Waals surface area contributed by atoms with Crippen LogP contribution in [0.2, 0.25) is 0 Å². The van der Waals surface area contributed by atoms with Crippen LogP contribution >= 0.6 is 0 Å². The number of nitrogens with one attached hydrogen (secondary N) is 2. The summed E-state index contributed by atoms with van der Waals surface area (Å²) < 4.78 is 0. The van der Waals surface area contributed by atoms with E-state index in [4.69, 9.17) is 5.84 Å². The van der Waals surface area contributed by atoms with Gasteiger partial charge < -0.3 is 10.7 Å². The molecule has 1 aromatic heterocycles. The smallest absolute Gasteiger partial charge is 0.148 e. The summed E-state index contributed by atoms with van der Waals surface area (Å²) in [7, 11) is 0. The number of nitrogens with two attached hydrogens (primary N) is 1. The van der Waals surface area contributed by atoms with Gasteiger partial charge in [-0.1, -0.05) is 12.1 Å². The number of rotatable bonds is 3. The second kappa shape index (κ2) is 5.24. The Bertz CT molecular complexity index is 607. The molecule has 0 saturated carbocycles. The molecule has 0 bridgehead atoms. The van der Waals surface area contributed by atoms with Gasteiger partial charge in [-0.3, -0.25) is 0 Å². The molecule has 0 fully saturated rings. The molecule has 5 nitrogen and oxygen atoms in total. The molecule has 5 heteroatoms. The lowest BCUT2D eigenvalue weighted by atomic mass is 10.1. The number of hydrazine groups is 1. The van der Waals surface area contributed by atoms with E-state index in [0.29, 0.717) is 11.6 Å². The topological polar surface area (TPSA) is 75.9 Å². The first-order chi connectivity index (χ1) is 9.01. The Hall–Kier alpha value is -2.14. The summed E-state index contributed by atoms with van der Waals surface area (Å²) in [4.78, 5) is 8.68. The van der Waals surface area contributed by atoms with Crippen LogP contribution in [0, 0.1) is 27.7 Å². The number of nitrogens with zero attached hydrogens (tertiary/aromatic N) is 2. The number of anilines is 3. The molecule has 19 heavy (non-hydrogen) atoms. The molecule has 4 N–H and O–H groups in total. The molecular formula is C14H19N5. The van der Waals surface area contributed by atoms with Crippen molar-refractivity contribution in [3.05, 3.63) is 40.7 Å². The maximum Gasteiger partial charge on any atom is 0.148 e. The van der Waals surface area contributed by atoms with Crippen molar-refractivity contribution in [2.75, 3.05) is 10.7 Å². The highest BCUT2D eigenvalue weighted by atomic mass is 15.3. The second-order valence-corrected chi connectivity index (χ2v) is 4.68. The normalized spacial score (nSPS) is 10.4. The zero-order valence-electron chi connectivity index (χ0n) is 11.7. The van der Waals surface area contributed by atoms with Gasteiger partial charge in [0.2, 0.25) is 0 Å². The summed E-state index contributed by atoms with van der Waals surface area (Å²) in [6.07, 6.45) is 0. The number of hydrogen-bond donors (Lipinski definition) is 3. The van der Waals surface area contributed by atoms with Crippen molar-refractivity contribution in [1.82, 2.24) is 9.97 Å². The highest BCUT2D eigenvalue weighted by Crippen LogP contribution is 2.25. The van der Waals surface area contributed by atoms with Crippen LogP contribution < -0.4 is 16.6 Å². The zero-order chi connectivity index (χ0) is 14.0. The van der Waals surface area contributed by atoms with Crippen LogP contribution in [0.15, 0.2) is 18.2 Å². The minimum absolute atomic E-state index is 0.639. The highest BCUT2D eigenvalue weighted by Gasteiger charge is 2.09. The van der Waals surface area contributed by atoms with E-state index >= 15 is 0 Å². The standard InChI is InChI=1S/C14H19N5/c1-8-5-6-9(2)12(7-8)18-13-10(3)14(19-15)17-11(4)16-13/h5-7H,15H2,1-4H3,(H2,16,17,18,19). The molecule has 2 rings (SSSR count). The summed E-state index contributed by atoms with van der Waals surface area (Å²) in [6, 6.07) is 6.27. The van der Waals surface area contributed by atoms with Crippen molar-refractivity contribution in [3.8, 4) is 0 Å². The van der Waals surface area contributed by atoms with Gasteiger partial charge in [0.15, 0.2) is 0 Å². The molecule has 0 spiro atoms. The van der Waals surface area contributed by atoms with Crippen LogP contribution in [0.25, 0.3) is 0 Å². The Balaban J connectivity index is 2.43. The molecule has 0 amide bonds. The first-order valence-electron chi connectivity index (χ1n) is 6.17. The third kappa shape index (κ3) is 2.82. The van der Waals surface area contributed by atoms with Gasteiger partial charge in [-0.25, -0.2) is 15.8 Å². The van der Waals surface area contributed by atoms with E-state index in [9.17, 15) is 0 Å². The third-order valence-corrected chi connectivity index (χ3v) is 3.04. The first kappa shape index (κ1) is 13.3. The average Bonchev–Trinajstić information content (AvgIpc) is 2.37. The number of aromatic nitrogens is 2. The molecule has 0 aliphatic rings. The molecule has 0 unspecified atom stereocenters. The van der Waals surface area contributed by atoms with Gasteiger partial charge in [0.25, 0.3) is 0 Å². The maximum atomic E-state index is 5.47. The molecule has 0 saturated heterocycles. The molecular weight excluding hydrogens is 238 g/mol. The predicted molar refractivity (Wildman–Crippen MR) is 78.5 cm³/mol. The zero-order valence-corrected chi connectivity index (χ0v) is 11.7. The lowest BCUT2D eigenvalue weighted by Crippen LogP contribution is -2.13. The Morgan fingerprint density at radius 1 is 1.00 bits per heavy atom. The molecule has 0 aliphatic heterocycles. The number of benzene rings is 1. The van der Waals surface area contributed by atoms with E-state index in [0.717, 1.165) is 17.1 Å². The third-order valence-electron chi connectivity index (χ3n) is 3.04. The minimum atomic E-state index is 0.639. The van der Waals surface area contributed by atoms with E-state index in [1.54, 1.807) is 0 Å². The van der Waals surface area contributed by atoms with Gasteiger partial charge in [0.1, 0.15) is 17.5 Å². The molecule has 1 heterocycles. The quantitative estimate of drug-likeness (QED) is 0.582. The van der Waals surface area contributed by atoms with Gasteiger partial charge in [-0.15, -0.1) is 0 Å². The molecule has 0 aliphatic carbocycles. The summed E-state index contributed by atoms with van der Waals surface area (Å²) in [6.45, 7) is 7.90. The fourth-order valence-electron chi connectivity index (χ4n) is 1.89. The summed E-state index contributed by atoms with van der Waals surface area (Å²) in [5.41, 5.74) is 6.91. The van der Waals surface area contributed by atoms with Crippen LogP contribution in [-0.4, -0.2) is 9.97 Å². The monoisotopic (exact) mass is 257 g/mol. The SMILES string of the molecule is Cc1ccc(C)c(Nc2nc(C)nc(NN)c2C)c1. The van der Waals surface area contributed by atoms with Crippen molar-refractivity contribution in [2.24, 2.45) is 5.84 Å². The van der Waals surface area contributed by atoms with Crippen molar-refractivity contribution in [3.63, 3.8) is 0 Å². The summed E-state index contributed by atoms with van der Waals surface area (Å²) in [5, 5.41) is 3.35. The van der Waals surface area contributed by atoms with E-state index in [2.05, 4.69) is 52.8 Å². The van der Waals surface area contributed by atoms with E-state index < -0.39 is 0 Å². The highest BCUT2D eigenvalue weighted by molar-refractivity contribution is 5.67. The van der Waals surface area contributed by atoms with Crippen molar-refractivity contribution in [2.45, 2.75) is 27.7 Å². The van der Waals surface area contributed by atoms with Gasteiger partial charge in [-0.05, 0) is 44.9 Å². The first-order valence-corrected chi connectivity index (χ1v) is 6.17. The predicted octanol–water partition coefficient (Wildman–Crippen LogP) is 2.74. The van der Waals surface area contributed by atoms with Gasteiger partial charge in [0, 0.05) is 11.3 Å². The van der Waals surface area contributed by atoms with Crippen molar-refractivity contribution in [1.29, 1.82) is 0 Å². The average molecular weight is 257 g/mol. The molecule has 0 radical (unpaired) electrons. The Kier molecular flexibility index (Phi) is 3.66. The lowest BCUT2D eigenvalue weighted by molar-refractivity contribution is 1.03. The van der Waals surface area contributed by atoms with Gasteiger partial charge >= 0.3 is 0 Å². The van der Waals surface area contributed by atoms with Crippen LogP contribution in [0.4, 0.5) is 17.3 Å². The van der Waals surface area contributed by atoms with Crippen LogP contribution in [0.5, 0.6) is 0 Å². The van der Waals surface area contributed by atoms with E-state index in [1.807, 2.05) is 13.8 Å². The Labute approximate surface area is 113 Å². The molecule has 100 valence electrons. The molecule has 1 aromatic carbocycles. The van der Waals surface area contributed by atoms with Gasteiger partial charge in [-0.2, -0.15) is 0 Å². The molecule has 2 aromatic rings. The second-order valence-electron chi connectivity index (χ2n) is 4.68. The number of hydrogen-bond acceptors (Lipinski definition) is 5. The summed E-state index contributed by atoms with van der Waals surface area (Å²) >= 11 is 0. The number of nitrogen functional groups attached to an aromatic ring is 1. The Morgan fingerprint density at radius 3 is 2.37 bits per heavy atom. The largest absolute Gasteiger partial charge is 0.340 e. The van der Waals surface area contributed by atoms with Gasteiger partial charge in [0.05, 0.1) is 0 Å². The summed E-state index contributed by atoms with van der Waals surface area (Å²) in [5.74, 6) is 7.55. The lowest BCUT2D eigenvalue weighted by Gasteiger charge is -2.14. The van der Waals surface area contributed by atoms with Crippen molar-refractivity contribution >= 4 is 17.3 Å². The fourth-order valence-corrected chi connectivity index (χ4v) is 1.89. The number of aryl methyl sites for hydroxylation is 3. The van der Waals surface area contributed by atoms with E-state index in [-0.39, 0.29) is 0 Å². The van der Waals surface area contributed by atoms with Crippen molar-refractivity contribution < 1.29 is 0 Å². The molecule has 0 atom stereocenters. The maximum absolute atomic E-state index is 5.47. The minimum Gasteiger partial charge on any atom is -0.340 e. The van der Waals surface area contributed by atoms with Crippen LogP contribution in [-0.2, 0) is 0 Å².